The number of pyridine rings is 1. The number of hydrogen-bond donors (Lipinski definition) is 2. The number of fused-ring (bicyclic) bond motifs is 2. The number of aliphatic carboxylic acids is 1. The van der Waals surface area contributed by atoms with Gasteiger partial charge in [0, 0.05) is 29.1 Å². The van der Waals surface area contributed by atoms with Crippen LogP contribution in [-0.2, 0) is 29.0 Å². The first-order chi connectivity index (χ1) is 19.5. The Morgan fingerprint density at radius 1 is 1.07 bits per heavy atom. The van der Waals surface area contributed by atoms with E-state index < -0.39 is 5.97 Å². The maximum atomic E-state index is 11.4. The van der Waals surface area contributed by atoms with Crippen LogP contribution in [0, 0.1) is 0 Å². The molecule has 3 aromatic carbocycles. The van der Waals surface area contributed by atoms with E-state index in [0.29, 0.717) is 23.7 Å². The van der Waals surface area contributed by atoms with E-state index in [4.69, 9.17) is 20.3 Å². The maximum Gasteiger partial charge on any atom is 0.307 e. The molecule has 0 radical (unpaired) electrons. The third kappa shape index (κ3) is 4.86. The molecule has 3 heterocycles. The minimum atomic E-state index is -0.900. The van der Waals surface area contributed by atoms with Crippen LogP contribution in [0.5, 0.6) is 5.75 Å². The van der Waals surface area contributed by atoms with Gasteiger partial charge in [-0.25, -0.2) is 9.67 Å². The number of anilines is 1. The summed E-state index contributed by atoms with van der Waals surface area (Å²) in [4.78, 5) is 15.7. The Morgan fingerprint density at radius 3 is 2.75 bits per heavy atom. The standard InChI is InChI=1S/C32H32N4O4/c1-2-20-16-22(23-9-7-10-25-24(23)13-14-34-32(25)33)17-26-27(35-36(31(20)26)29-12-5-6-15-39-29)19-40-28-11-4-3-8-21(28)18-30(37)38/h3-4,7-11,13-14,16-17,29H,2,5-6,12,15,18-19H2,1H3,(H2,33,34)(H,37,38). The number of rotatable bonds is 8. The molecule has 3 N–H and O–H groups in total. The van der Waals surface area contributed by atoms with Crippen LogP contribution in [0.25, 0.3) is 32.8 Å². The average molecular weight is 537 g/mol. The fourth-order valence-corrected chi connectivity index (χ4v) is 5.66. The highest BCUT2D eigenvalue weighted by molar-refractivity contribution is 6.03. The minimum Gasteiger partial charge on any atom is -0.487 e. The summed E-state index contributed by atoms with van der Waals surface area (Å²) in [6.07, 6.45) is 5.36. The Bertz CT molecular complexity index is 1700. The summed E-state index contributed by atoms with van der Waals surface area (Å²) in [5.41, 5.74) is 12.0. The molecule has 0 spiro atoms. The average Bonchev–Trinajstić information content (AvgIpc) is 3.35. The van der Waals surface area contributed by atoms with E-state index >= 15 is 0 Å². The first kappa shape index (κ1) is 25.8. The molecule has 204 valence electrons. The molecule has 1 fully saturated rings. The number of nitrogen functional groups attached to an aromatic ring is 1. The summed E-state index contributed by atoms with van der Waals surface area (Å²) in [6, 6.07) is 19.8. The van der Waals surface area contributed by atoms with Crippen molar-refractivity contribution in [2.75, 3.05) is 12.3 Å². The van der Waals surface area contributed by atoms with E-state index in [1.54, 1.807) is 18.3 Å². The number of para-hydroxylation sites is 1. The van der Waals surface area contributed by atoms with Crippen LogP contribution in [0.1, 0.15) is 49.2 Å². The quantitative estimate of drug-likeness (QED) is 0.239. The van der Waals surface area contributed by atoms with Crippen molar-refractivity contribution < 1.29 is 19.4 Å². The topological polar surface area (TPSA) is 112 Å². The van der Waals surface area contributed by atoms with Crippen molar-refractivity contribution in [1.29, 1.82) is 0 Å². The van der Waals surface area contributed by atoms with Crippen molar-refractivity contribution in [2.24, 2.45) is 0 Å². The first-order valence-electron chi connectivity index (χ1n) is 13.7. The largest absolute Gasteiger partial charge is 0.487 e. The number of carboxylic acid groups (broad SMARTS) is 1. The molecular formula is C32H32N4O4. The lowest BCUT2D eigenvalue weighted by atomic mass is 9.94. The van der Waals surface area contributed by atoms with Crippen molar-refractivity contribution in [3.8, 4) is 16.9 Å². The zero-order valence-electron chi connectivity index (χ0n) is 22.5. The minimum absolute atomic E-state index is 0.107. The van der Waals surface area contributed by atoms with Gasteiger partial charge >= 0.3 is 5.97 Å². The predicted molar refractivity (Wildman–Crippen MR) is 155 cm³/mol. The molecule has 0 amide bonds. The molecule has 0 bridgehead atoms. The second kappa shape index (κ2) is 11.0. The Kier molecular flexibility index (Phi) is 7.09. The van der Waals surface area contributed by atoms with Crippen molar-refractivity contribution in [3.05, 3.63) is 83.7 Å². The number of nitrogens with zero attached hydrogens (tertiary/aromatic N) is 3. The van der Waals surface area contributed by atoms with Gasteiger partial charge in [-0.1, -0.05) is 43.3 Å². The monoisotopic (exact) mass is 536 g/mol. The number of ether oxygens (including phenoxy) is 2. The molecule has 8 nitrogen and oxygen atoms in total. The van der Waals surface area contributed by atoms with Crippen LogP contribution >= 0.6 is 0 Å². The van der Waals surface area contributed by atoms with Gasteiger partial charge in [-0.15, -0.1) is 0 Å². The lowest BCUT2D eigenvalue weighted by Gasteiger charge is -2.24. The summed E-state index contributed by atoms with van der Waals surface area (Å²) in [5.74, 6) is 0.154. The summed E-state index contributed by atoms with van der Waals surface area (Å²) in [7, 11) is 0. The SMILES string of the molecule is CCc1cc(-c2cccc3c(N)nccc23)cc2c(COc3ccccc3CC(=O)O)nn(C3CCCCO3)c12. The molecule has 6 rings (SSSR count). The van der Waals surface area contributed by atoms with Crippen LogP contribution in [0.3, 0.4) is 0 Å². The number of benzene rings is 3. The van der Waals surface area contributed by atoms with E-state index in [2.05, 4.69) is 30.1 Å². The Balaban J connectivity index is 1.49. The van der Waals surface area contributed by atoms with Crippen molar-refractivity contribution >= 4 is 33.5 Å². The summed E-state index contributed by atoms with van der Waals surface area (Å²) in [5, 5.41) is 17.4. The summed E-state index contributed by atoms with van der Waals surface area (Å²) >= 11 is 0. The molecular weight excluding hydrogens is 504 g/mol. The van der Waals surface area contributed by atoms with Crippen LogP contribution in [0.15, 0.2) is 66.9 Å². The molecule has 1 saturated heterocycles. The second-order valence-electron chi connectivity index (χ2n) is 10.2. The van der Waals surface area contributed by atoms with E-state index in [9.17, 15) is 9.90 Å². The number of aryl methyl sites for hydroxylation is 1. The van der Waals surface area contributed by atoms with Crippen molar-refractivity contribution in [3.63, 3.8) is 0 Å². The lowest BCUT2D eigenvalue weighted by molar-refractivity contribution is -0.136. The third-order valence-corrected chi connectivity index (χ3v) is 7.59. The molecule has 1 atom stereocenters. The number of aromatic nitrogens is 3. The van der Waals surface area contributed by atoms with E-state index in [-0.39, 0.29) is 19.3 Å². The molecule has 0 saturated carbocycles. The maximum absolute atomic E-state index is 11.4. The predicted octanol–water partition coefficient (Wildman–Crippen LogP) is 6.30. The van der Waals surface area contributed by atoms with E-state index in [1.807, 2.05) is 35.0 Å². The lowest BCUT2D eigenvalue weighted by Crippen LogP contribution is -2.19. The number of carboxylic acids is 1. The molecule has 1 aliphatic heterocycles. The van der Waals surface area contributed by atoms with Gasteiger partial charge in [-0.05, 0) is 72.0 Å². The molecule has 40 heavy (non-hydrogen) atoms. The molecule has 1 unspecified atom stereocenters. The molecule has 8 heteroatoms. The number of nitrogens with two attached hydrogens (primary N) is 1. The van der Waals surface area contributed by atoms with Crippen LogP contribution in [0.2, 0.25) is 0 Å². The summed E-state index contributed by atoms with van der Waals surface area (Å²) < 4.78 is 14.4. The van der Waals surface area contributed by atoms with E-state index in [0.717, 1.165) is 64.2 Å². The third-order valence-electron chi connectivity index (χ3n) is 7.59. The fraction of sp³-hybridized carbons (Fsp3) is 0.281. The van der Waals surface area contributed by atoms with Gasteiger partial charge in [-0.3, -0.25) is 4.79 Å². The highest BCUT2D eigenvalue weighted by Crippen LogP contribution is 2.37. The molecule has 5 aromatic rings. The highest BCUT2D eigenvalue weighted by Gasteiger charge is 2.24. The van der Waals surface area contributed by atoms with Gasteiger partial charge < -0.3 is 20.3 Å². The smallest absolute Gasteiger partial charge is 0.307 e. The van der Waals surface area contributed by atoms with Gasteiger partial charge in [0.1, 0.15) is 23.9 Å². The Hall–Kier alpha value is -4.43. The molecule has 2 aromatic heterocycles. The normalized spacial score (nSPS) is 15.5. The van der Waals surface area contributed by atoms with Crippen LogP contribution in [-0.4, -0.2) is 32.4 Å². The number of hydrogen-bond acceptors (Lipinski definition) is 6. The van der Waals surface area contributed by atoms with Gasteiger partial charge in [0.25, 0.3) is 0 Å². The van der Waals surface area contributed by atoms with Gasteiger partial charge in [0.05, 0.1) is 11.9 Å². The van der Waals surface area contributed by atoms with Gasteiger partial charge in [-0.2, -0.15) is 5.10 Å². The first-order valence-corrected chi connectivity index (χ1v) is 13.7. The molecule has 0 aliphatic carbocycles. The fourth-order valence-electron chi connectivity index (χ4n) is 5.66. The second-order valence-corrected chi connectivity index (χ2v) is 10.2. The Labute approximate surface area is 232 Å². The van der Waals surface area contributed by atoms with Gasteiger partial charge in [0.2, 0.25) is 0 Å². The van der Waals surface area contributed by atoms with Crippen LogP contribution < -0.4 is 10.5 Å². The zero-order valence-corrected chi connectivity index (χ0v) is 22.5. The summed E-state index contributed by atoms with van der Waals surface area (Å²) in [6.45, 7) is 3.07. The molecule has 1 aliphatic rings. The van der Waals surface area contributed by atoms with Gasteiger partial charge in [0.15, 0.2) is 6.23 Å². The Morgan fingerprint density at radius 2 is 1.95 bits per heavy atom. The van der Waals surface area contributed by atoms with Crippen molar-refractivity contribution in [2.45, 2.75) is 51.9 Å². The van der Waals surface area contributed by atoms with E-state index in [1.165, 1.54) is 5.56 Å². The van der Waals surface area contributed by atoms with Crippen LogP contribution in [0.4, 0.5) is 5.82 Å². The van der Waals surface area contributed by atoms with Crippen molar-refractivity contribution in [1.82, 2.24) is 14.8 Å². The number of carbonyl (C=O) groups is 1. The highest BCUT2D eigenvalue weighted by atomic mass is 16.5. The zero-order chi connectivity index (χ0) is 27.6.